The second-order valence-corrected chi connectivity index (χ2v) is 11.6. The average Bonchev–Trinajstić information content (AvgIpc) is 3.48. The Kier molecular flexibility index (Phi) is 14.6. The molecular weight excluding hydrogens is 528 g/mol. The minimum absolute atomic E-state index is 0.0530. The number of carbonyl (C=O) groups excluding carboxylic acids is 1. The number of unbranched alkanes of at least 4 members (excludes halogenated alkanes) is 14. The Hall–Kier alpha value is -2.01. The fraction of sp³-hybridized carbons (Fsp3) is 0.839. The first-order valence-corrected chi connectivity index (χ1v) is 16.0. The summed E-state index contributed by atoms with van der Waals surface area (Å²) < 4.78 is 30.3. The van der Waals surface area contributed by atoms with Gasteiger partial charge in [0, 0.05) is 25.3 Å². The van der Waals surface area contributed by atoms with Crippen LogP contribution in [-0.2, 0) is 28.5 Å². The zero-order valence-corrected chi connectivity index (χ0v) is 25.4. The number of rotatable bonds is 21. The summed E-state index contributed by atoms with van der Waals surface area (Å²) in [5.74, 6) is -0.286. The Morgan fingerprint density at radius 1 is 0.902 bits per heavy atom. The Morgan fingerprint density at radius 3 is 2.05 bits per heavy atom. The van der Waals surface area contributed by atoms with Crippen molar-refractivity contribution < 1.29 is 28.5 Å². The number of hydrogen-bond donors (Lipinski definition) is 1. The lowest BCUT2D eigenvalue weighted by atomic mass is 9.98. The third-order valence-corrected chi connectivity index (χ3v) is 8.03. The summed E-state index contributed by atoms with van der Waals surface area (Å²) in [5.41, 5.74) is -2.20. The van der Waals surface area contributed by atoms with E-state index in [1.807, 2.05) is 6.92 Å². The highest BCUT2D eigenvalue weighted by atomic mass is 16.9. The molecule has 2 aliphatic heterocycles. The predicted molar refractivity (Wildman–Crippen MR) is 156 cm³/mol. The van der Waals surface area contributed by atoms with Gasteiger partial charge in [0.15, 0.2) is 6.23 Å². The van der Waals surface area contributed by atoms with E-state index in [2.05, 4.69) is 11.9 Å². The highest BCUT2D eigenvalue weighted by molar-refractivity contribution is 5.69. The molecule has 234 valence electrons. The second kappa shape index (κ2) is 17.8. The van der Waals surface area contributed by atoms with Crippen molar-refractivity contribution in [2.75, 3.05) is 13.2 Å². The van der Waals surface area contributed by atoms with Crippen LogP contribution >= 0.6 is 0 Å². The topological polar surface area (TPSA) is 118 Å². The van der Waals surface area contributed by atoms with Gasteiger partial charge in [-0.15, -0.1) is 0 Å². The summed E-state index contributed by atoms with van der Waals surface area (Å²) in [6.45, 7) is 5.24. The second-order valence-electron chi connectivity index (χ2n) is 11.6. The van der Waals surface area contributed by atoms with Crippen LogP contribution in [0.25, 0.3) is 0 Å². The van der Waals surface area contributed by atoms with Gasteiger partial charge >= 0.3 is 11.7 Å². The third-order valence-electron chi connectivity index (χ3n) is 8.03. The molecule has 0 radical (unpaired) electrons. The van der Waals surface area contributed by atoms with Gasteiger partial charge in [-0.1, -0.05) is 96.8 Å². The van der Waals surface area contributed by atoms with Crippen LogP contribution in [0.4, 0.5) is 0 Å². The van der Waals surface area contributed by atoms with Crippen molar-refractivity contribution in [3.63, 3.8) is 0 Å². The van der Waals surface area contributed by atoms with Crippen LogP contribution in [0.1, 0.15) is 130 Å². The molecule has 0 aromatic carbocycles. The molecule has 0 aliphatic carbocycles. The minimum Gasteiger partial charge on any atom is -0.462 e. The number of aromatic nitrogens is 2. The molecule has 10 heteroatoms. The van der Waals surface area contributed by atoms with Crippen molar-refractivity contribution >= 4 is 5.97 Å². The van der Waals surface area contributed by atoms with Gasteiger partial charge in [0.25, 0.3) is 12.0 Å². The highest BCUT2D eigenvalue weighted by Crippen LogP contribution is 2.45. The molecule has 0 bridgehead atoms. The smallest absolute Gasteiger partial charge is 0.330 e. The Bertz CT molecular complexity index is 1010. The zero-order valence-electron chi connectivity index (χ0n) is 25.4. The first-order chi connectivity index (χ1) is 19.9. The number of nitrogens with zero attached hydrogens (tertiary/aromatic N) is 1. The number of aromatic amines is 1. The van der Waals surface area contributed by atoms with E-state index in [0.717, 1.165) is 19.3 Å². The third kappa shape index (κ3) is 10.6. The fourth-order valence-corrected chi connectivity index (χ4v) is 5.66. The number of esters is 1. The number of ether oxygens (including phenoxy) is 5. The molecule has 10 nitrogen and oxygen atoms in total. The van der Waals surface area contributed by atoms with E-state index in [9.17, 15) is 14.4 Å². The van der Waals surface area contributed by atoms with Crippen molar-refractivity contribution in [2.24, 2.45) is 0 Å². The van der Waals surface area contributed by atoms with Gasteiger partial charge in [0.05, 0.1) is 0 Å². The molecule has 3 rings (SSSR count). The van der Waals surface area contributed by atoms with Gasteiger partial charge in [-0.2, -0.15) is 0 Å². The van der Waals surface area contributed by atoms with Crippen LogP contribution < -0.4 is 11.2 Å². The summed E-state index contributed by atoms with van der Waals surface area (Å²) in [5, 5.41) is 0. The molecule has 41 heavy (non-hydrogen) atoms. The molecule has 5 atom stereocenters. The first-order valence-electron chi connectivity index (χ1n) is 16.0. The lowest BCUT2D eigenvalue weighted by molar-refractivity contribution is -0.277. The summed E-state index contributed by atoms with van der Waals surface area (Å²) in [6, 6.07) is 1.24. The average molecular weight is 581 g/mol. The van der Waals surface area contributed by atoms with Crippen LogP contribution in [-0.4, -0.2) is 53.0 Å². The van der Waals surface area contributed by atoms with Crippen molar-refractivity contribution in [2.45, 2.75) is 154 Å². The van der Waals surface area contributed by atoms with Crippen LogP contribution in [0.5, 0.6) is 0 Å². The molecule has 0 spiro atoms. The SMILES string of the molecule is CCCCCCCCCCCCCCCCCC(=O)OC[C@@]1(C)O[C@@H](n2ccc(=O)[nH]c2=O)[C@@H]2OC(OCC)O[C@@H]21. The van der Waals surface area contributed by atoms with E-state index >= 15 is 0 Å². The molecule has 1 aromatic rings. The molecule has 0 saturated carbocycles. The largest absolute Gasteiger partial charge is 0.462 e. The molecule has 0 amide bonds. The Balaban J connectivity index is 1.31. The molecule has 2 saturated heterocycles. The number of H-pyrrole nitrogens is 1. The number of fused-ring (bicyclic) bond motifs is 1. The van der Waals surface area contributed by atoms with Gasteiger partial charge in [0.2, 0.25) is 0 Å². The standard InChI is InChI=1S/C31H52N2O8/c1-4-6-7-8-9-10-11-12-13-14-15-16-17-18-19-20-25(35)38-23-31(3)27-26(39-30(40-27)37-5-2)28(41-31)33-22-21-24(34)32-29(33)36/h21-22,26-28,30H,4-20,23H2,1-3H3,(H,32,34,36)/t26-,27+,28-,30?,31-/m1/s1. The number of nitrogens with one attached hydrogen (secondary N) is 1. The molecule has 1 aromatic heterocycles. The monoisotopic (exact) mass is 580 g/mol. The molecular formula is C31H52N2O8. The van der Waals surface area contributed by atoms with Crippen LogP contribution in [0, 0.1) is 0 Å². The molecule has 1 unspecified atom stereocenters. The van der Waals surface area contributed by atoms with Crippen LogP contribution in [0.3, 0.4) is 0 Å². The van der Waals surface area contributed by atoms with Crippen LogP contribution in [0.15, 0.2) is 21.9 Å². The van der Waals surface area contributed by atoms with E-state index in [1.54, 1.807) is 6.92 Å². The van der Waals surface area contributed by atoms with Gasteiger partial charge < -0.3 is 23.7 Å². The number of hydrogen-bond acceptors (Lipinski definition) is 8. The van der Waals surface area contributed by atoms with E-state index in [0.29, 0.717) is 13.0 Å². The van der Waals surface area contributed by atoms with Crippen molar-refractivity contribution in [1.82, 2.24) is 9.55 Å². The first kappa shape index (κ1) is 33.5. The lowest BCUT2D eigenvalue weighted by Gasteiger charge is -2.29. The lowest BCUT2D eigenvalue weighted by Crippen LogP contribution is -2.44. The maximum absolute atomic E-state index is 12.5. The summed E-state index contributed by atoms with van der Waals surface area (Å²) in [6.07, 6.45) is 18.6. The maximum Gasteiger partial charge on any atom is 0.330 e. The van der Waals surface area contributed by atoms with E-state index < -0.39 is 41.8 Å². The van der Waals surface area contributed by atoms with Gasteiger partial charge in [-0.25, -0.2) is 4.79 Å². The van der Waals surface area contributed by atoms with Crippen molar-refractivity contribution in [3.8, 4) is 0 Å². The maximum atomic E-state index is 12.5. The highest BCUT2D eigenvalue weighted by Gasteiger charge is 2.60. The van der Waals surface area contributed by atoms with Gasteiger partial charge in [-0.05, 0) is 20.3 Å². The predicted octanol–water partition coefficient (Wildman–Crippen LogP) is 5.73. The Labute approximate surface area is 244 Å². The zero-order chi connectivity index (χ0) is 29.5. The van der Waals surface area contributed by atoms with Gasteiger partial charge in [-0.3, -0.25) is 19.1 Å². The van der Waals surface area contributed by atoms with E-state index in [4.69, 9.17) is 23.7 Å². The molecule has 2 aliphatic rings. The van der Waals surface area contributed by atoms with Crippen molar-refractivity contribution in [1.29, 1.82) is 0 Å². The van der Waals surface area contributed by atoms with E-state index in [-0.39, 0.29) is 12.6 Å². The minimum atomic E-state index is -1.07. The quantitative estimate of drug-likeness (QED) is 0.145. The van der Waals surface area contributed by atoms with E-state index in [1.165, 1.54) is 93.9 Å². The molecule has 3 heterocycles. The summed E-state index contributed by atoms with van der Waals surface area (Å²) in [7, 11) is 0. The Morgan fingerprint density at radius 2 is 1.49 bits per heavy atom. The van der Waals surface area contributed by atoms with Crippen LogP contribution in [0.2, 0.25) is 0 Å². The molecule has 1 N–H and O–H groups in total. The summed E-state index contributed by atoms with van der Waals surface area (Å²) in [4.78, 5) is 38.7. The fourth-order valence-electron chi connectivity index (χ4n) is 5.66. The van der Waals surface area contributed by atoms with Crippen molar-refractivity contribution in [3.05, 3.63) is 33.1 Å². The number of carbonyl (C=O) groups is 1. The summed E-state index contributed by atoms with van der Waals surface area (Å²) >= 11 is 0. The normalized spacial score (nSPS) is 25.4. The van der Waals surface area contributed by atoms with Gasteiger partial charge in [0.1, 0.15) is 24.4 Å². The molecule has 2 fully saturated rings.